The zero-order valence-electron chi connectivity index (χ0n) is 14.4. The highest BCUT2D eigenvalue weighted by atomic mass is 32.2. The third kappa shape index (κ3) is 5.74. The van der Waals surface area contributed by atoms with E-state index < -0.39 is 5.60 Å². The molecule has 1 aromatic carbocycles. The molecular formula is C18H29N3OS. The summed E-state index contributed by atoms with van der Waals surface area (Å²) in [4.78, 5) is 4.58. The largest absolute Gasteiger partial charge is 0.387 e. The number of nitrogens with zero attached hydrogens (tertiary/aromatic N) is 1. The lowest BCUT2D eigenvalue weighted by atomic mass is 10.0. The van der Waals surface area contributed by atoms with Gasteiger partial charge in [-0.2, -0.15) is 11.8 Å². The number of guanidine groups is 1. The van der Waals surface area contributed by atoms with E-state index in [1.54, 1.807) is 11.8 Å². The van der Waals surface area contributed by atoms with Crippen molar-refractivity contribution in [2.45, 2.75) is 38.7 Å². The number of aliphatic hydroxyl groups is 1. The second-order valence-corrected chi connectivity index (χ2v) is 7.52. The second-order valence-electron chi connectivity index (χ2n) is 6.41. The fraction of sp³-hybridized carbons (Fsp3) is 0.611. The van der Waals surface area contributed by atoms with Crippen molar-refractivity contribution in [2.24, 2.45) is 4.99 Å². The number of aryl methyl sites for hydroxylation is 1. The van der Waals surface area contributed by atoms with Crippen LogP contribution in [0.4, 0.5) is 0 Å². The standard InChI is InChI=1S/C18H29N3OS/c1-4-19-17(21-12-18(22)9-10-23-13-18)20-11-15(3)16-7-5-14(2)6-8-16/h5-8,15,22H,4,9-13H2,1-3H3,(H2,19,20,21). The molecule has 4 nitrogen and oxygen atoms in total. The van der Waals surface area contributed by atoms with Crippen molar-refractivity contribution in [1.29, 1.82) is 0 Å². The molecule has 23 heavy (non-hydrogen) atoms. The van der Waals surface area contributed by atoms with Crippen LogP contribution in [-0.4, -0.2) is 47.8 Å². The maximum absolute atomic E-state index is 10.4. The van der Waals surface area contributed by atoms with E-state index in [-0.39, 0.29) is 0 Å². The first-order valence-corrected chi connectivity index (χ1v) is 9.57. The molecule has 0 amide bonds. The van der Waals surface area contributed by atoms with Crippen LogP contribution in [0.5, 0.6) is 0 Å². The third-order valence-electron chi connectivity index (χ3n) is 4.18. The summed E-state index contributed by atoms with van der Waals surface area (Å²) in [6.45, 7) is 8.48. The van der Waals surface area contributed by atoms with E-state index in [2.05, 4.69) is 60.7 Å². The van der Waals surface area contributed by atoms with Gasteiger partial charge in [0.25, 0.3) is 0 Å². The highest BCUT2D eigenvalue weighted by Crippen LogP contribution is 2.27. The van der Waals surface area contributed by atoms with Crippen LogP contribution in [-0.2, 0) is 0 Å². The van der Waals surface area contributed by atoms with Crippen molar-refractivity contribution >= 4 is 17.7 Å². The Balaban J connectivity index is 1.89. The fourth-order valence-corrected chi connectivity index (χ4v) is 3.84. The molecule has 128 valence electrons. The minimum absolute atomic E-state index is 0.407. The predicted molar refractivity (Wildman–Crippen MR) is 100 cm³/mol. The number of benzene rings is 1. The van der Waals surface area contributed by atoms with Gasteiger partial charge in [-0.15, -0.1) is 0 Å². The molecule has 2 rings (SSSR count). The van der Waals surface area contributed by atoms with Crippen LogP contribution in [0.2, 0.25) is 0 Å². The molecule has 1 aliphatic rings. The Bertz CT molecular complexity index is 510. The SMILES string of the molecule is CCNC(=NCC1(O)CCSC1)NCC(C)c1ccc(C)cc1. The van der Waals surface area contributed by atoms with Gasteiger partial charge in [0.1, 0.15) is 0 Å². The number of thioether (sulfide) groups is 1. The van der Waals surface area contributed by atoms with E-state index in [0.29, 0.717) is 12.5 Å². The number of hydrogen-bond donors (Lipinski definition) is 3. The molecule has 1 fully saturated rings. The van der Waals surface area contributed by atoms with Crippen LogP contribution in [0.3, 0.4) is 0 Å². The van der Waals surface area contributed by atoms with Gasteiger partial charge in [0.2, 0.25) is 0 Å². The van der Waals surface area contributed by atoms with Gasteiger partial charge in [-0.3, -0.25) is 4.99 Å². The Kier molecular flexibility index (Phi) is 6.78. The van der Waals surface area contributed by atoms with Gasteiger partial charge in [-0.05, 0) is 37.5 Å². The van der Waals surface area contributed by atoms with Crippen LogP contribution < -0.4 is 10.6 Å². The topological polar surface area (TPSA) is 56.7 Å². The number of hydrogen-bond acceptors (Lipinski definition) is 3. The molecule has 0 radical (unpaired) electrons. The van der Waals surface area contributed by atoms with Crippen LogP contribution in [0.1, 0.15) is 37.3 Å². The van der Waals surface area contributed by atoms with Crippen molar-refractivity contribution in [3.05, 3.63) is 35.4 Å². The summed E-state index contributed by atoms with van der Waals surface area (Å²) in [6, 6.07) is 8.67. The summed E-state index contributed by atoms with van der Waals surface area (Å²) in [5.74, 6) is 3.01. The Morgan fingerprint density at radius 3 is 2.70 bits per heavy atom. The molecule has 0 aromatic heterocycles. The molecule has 1 aliphatic heterocycles. The van der Waals surface area contributed by atoms with E-state index in [0.717, 1.165) is 37.0 Å². The third-order valence-corrected chi connectivity index (χ3v) is 5.41. The minimum atomic E-state index is -0.629. The van der Waals surface area contributed by atoms with Crippen molar-refractivity contribution in [2.75, 3.05) is 31.1 Å². The summed E-state index contributed by atoms with van der Waals surface area (Å²) in [7, 11) is 0. The minimum Gasteiger partial charge on any atom is -0.387 e. The van der Waals surface area contributed by atoms with Crippen LogP contribution in [0.25, 0.3) is 0 Å². The first-order chi connectivity index (χ1) is 11.0. The first kappa shape index (κ1) is 18.1. The van der Waals surface area contributed by atoms with Crippen molar-refractivity contribution in [1.82, 2.24) is 10.6 Å². The van der Waals surface area contributed by atoms with Gasteiger partial charge in [0.05, 0.1) is 12.1 Å². The van der Waals surface area contributed by atoms with Gasteiger partial charge in [0.15, 0.2) is 5.96 Å². The lowest BCUT2D eigenvalue weighted by Gasteiger charge is -2.21. The van der Waals surface area contributed by atoms with Crippen LogP contribution in [0.15, 0.2) is 29.3 Å². The highest BCUT2D eigenvalue weighted by molar-refractivity contribution is 7.99. The van der Waals surface area contributed by atoms with Crippen LogP contribution >= 0.6 is 11.8 Å². The van der Waals surface area contributed by atoms with E-state index in [9.17, 15) is 5.11 Å². The molecule has 5 heteroatoms. The monoisotopic (exact) mass is 335 g/mol. The van der Waals surface area contributed by atoms with Crippen LogP contribution in [0, 0.1) is 6.92 Å². The van der Waals surface area contributed by atoms with E-state index in [1.807, 2.05) is 0 Å². The lowest BCUT2D eigenvalue weighted by Crippen LogP contribution is -2.41. The quantitative estimate of drug-likeness (QED) is 0.552. The number of rotatable bonds is 6. The fourth-order valence-electron chi connectivity index (χ4n) is 2.55. The number of nitrogens with one attached hydrogen (secondary N) is 2. The van der Waals surface area contributed by atoms with Crippen molar-refractivity contribution in [3.8, 4) is 0 Å². The Morgan fingerprint density at radius 2 is 2.09 bits per heavy atom. The molecule has 0 saturated carbocycles. The molecule has 0 spiro atoms. The smallest absolute Gasteiger partial charge is 0.191 e. The van der Waals surface area contributed by atoms with E-state index in [1.165, 1.54) is 11.1 Å². The van der Waals surface area contributed by atoms with E-state index in [4.69, 9.17) is 0 Å². The first-order valence-electron chi connectivity index (χ1n) is 8.41. The number of aliphatic imine (C=N–C) groups is 1. The van der Waals surface area contributed by atoms with Gasteiger partial charge in [-0.25, -0.2) is 0 Å². The molecule has 1 aromatic rings. The second kappa shape index (κ2) is 8.60. The summed E-state index contributed by atoms with van der Waals surface area (Å²) in [5, 5.41) is 17.1. The maximum Gasteiger partial charge on any atom is 0.191 e. The average Bonchev–Trinajstić information content (AvgIpc) is 2.97. The van der Waals surface area contributed by atoms with Crippen molar-refractivity contribution < 1.29 is 5.11 Å². The summed E-state index contributed by atoms with van der Waals surface area (Å²) < 4.78 is 0. The Labute approximate surface area is 144 Å². The maximum atomic E-state index is 10.4. The van der Waals surface area contributed by atoms with Gasteiger partial charge in [0, 0.05) is 18.8 Å². The predicted octanol–water partition coefficient (Wildman–Crippen LogP) is 2.52. The van der Waals surface area contributed by atoms with E-state index >= 15 is 0 Å². The van der Waals surface area contributed by atoms with Gasteiger partial charge in [-0.1, -0.05) is 36.8 Å². The molecule has 0 aliphatic carbocycles. The Hall–Kier alpha value is -1.20. The zero-order chi connectivity index (χ0) is 16.7. The summed E-state index contributed by atoms with van der Waals surface area (Å²) in [6.07, 6.45) is 0.834. The summed E-state index contributed by atoms with van der Waals surface area (Å²) >= 11 is 1.80. The zero-order valence-corrected chi connectivity index (χ0v) is 15.2. The van der Waals surface area contributed by atoms with Gasteiger partial charge < -0.3 is 15.7 Å². The average molecular weight is 336 g/mol. The molecule has 1 heterocycles. The normalized spacial score (nSPS) is 22.9. The summed E-state index contributed by atoms with van der Waals surface area (Å²) in [5.41, 5.74) is 1.98. The molecule has 0 bridgehead atoms. The molecule has 3 N–H and O–H groups in total. The Morgan fingerprint density at radius 1 is 1.35 bits per heavy atom. The lowest BCUT2D eigenvalue weighted by molar-refractivity contribution is 0.0778. The van der Waals surface area contributed by atoms with Crippen molar-refractivity contribution in [3.63, 3.8) is 0 Å². The highest BCUT2D eigenvalue weighted by Gasteiger charge is 2.31. The molecule has 1 saturated heterocycles. The molecule has 2 unspecified atom stereocenters. The van der Waals surface area contributed by atoms with Gasteiger partial charge >= 0.3 is 0 Å². The molecular weight excluding hydrogens is 306 g/mol. The molecule has 2 atom stereocenters.